The van der Waals surface area contributed by atoms with Crippen molar-refractivity contribution in [1.82, 2.24) is 5.32 Å². The summed E-state index contributed by atoms with van der Waals surface area (Å²) in [5.74, 6) is 0.0202. The summed E-state index contributed by atoms with van der Waals surface area (Å²) in [6.45, 7) is 2.04. The Hall–Kier alpha value is -2.29. The van der Waals surface area contributed by atoms with E-state index in [1.807, 2.05) is 49.4 Å². The van der Waals surface area contributed by atoms with E-state index in [2.05, 4.69) is 11.4 Å². The van der Waals surface area contributed by atoms with Crippen LogP contribution in [-0.2, 0) is 4.79 Å². The van der Waals surface area contributed by atoms with Gasteiger partial charge in [0.25, 0.3) is 0 Å². The molecule has 3 rings (SSSR count). The van der Waals surface area contributed by atoms with Gasteiger partial charge in [0.2, 0.25) is 5.91 Å². The fourth-order valence-electron chi connectivity index (χ4n) is 2.98. The largest absolute Gasteiger partial charge is 0.398 e. The van der Waals surface area contributed by atoms with Crippen LogP contribution in [0.2, 0.25) is 0 Å². The predicted molar refractivity (Wildman–Crippen MR) is 80.3 cm³/mol. The molecule has 1 aliphatic heterocycles. The van der Waals surface area contributed by atoms with Crippen molar-refractivity contribution < 1.29 is 4.79 Å². The van der Waals surface area contributed by atoms with E-state index < -0.39 is 0 Å². The van der Waals surface area contributed by atoms with Crippen LogP contribution in [0, 0.1) is 0 Å². The minimum atomic E-state index is -0.150. The Balaban J connectivity index is 2.14. The minimum absolute atomic E-state index is 0.0626. The van der Waals surface area contributed by atoms with Gasteiger partial charge in [-0.3, -0.25) is 4.79 Å². The van der Waals surface area contributed by atoms with Crippen molar-refractivity contribution in [3.63, 3.8) is 0 Å². The van der Waals surface area contributed by atoms with E-state index in [4.69, 9.17) is 5.73 Å². The number of rotatable bonds is 2. The Morgan fingerprint density at radius 1 is 1.00 bits per heavy atom. The zero-order chi connectivity index (χ0) is 14.1. The third-order valence-corrected chi connectivity index (χ3v) is 4.00. The van der Waals surface area contributed by atoms with Crippen LogP contribution < -0.4 is 11.1 Å². The zero-order valence-corrected chi connectivity index (χ0v) is 11.5. The summed E-state index contributed by atoms with van der Waals surface area (Å²) in [5.41, 5.74) is 10.0. The molecule has 0 saturated carbocycles. The van der Waals surface area contributed by atoms with Gasteiger partial charge in [0, 0.05) is 11.3 Å². The maximum absolute atomic E-state index is 12.3. The van der Waals surface area contributed by atoms with Gasteiger partial charge in [-0.25, -0.2) is 0 Å². The molecule has 0 aromatic heterocycles. The van der Waals surface area contributed by atoms with Crippen molar-refractivity contribution in [3.05, 3.63) is 65.2 Å². The number of carbonyl (C=O) groups excluding carboxylic acids is 1. The Morgan fingerprint density at radius 3 is 2.25 bits per heavy atom. The van der Waals surface area contributed by atoms with Crippen LogP contribution >= 0.6 is 0 Å². The summed E-state index contributed by atoms with van der Waals surface area (Å²) in [6.07, 6.45) is 0.805. The van der Waals surface area contributed by atoms with Gasteiger partial charge in [-0.15, -0.1) is 0 Å². The molecule has 2 atom stereocenters. The Kier molecular flexibility index (Phi) is 3.18. The van der Waals surface area contributed by atoms with Crippen LogP contribution in [0.15, 0.2) is 48.5 Å². The molecular weight excluding hydrogens is 248 g/mol. The predicted octanol–water partition coefficient (Wildman–Crippen LogP) is 2.98. The van der Waals surface area contributed by atoms with E-state index in [0.29, 0.717) is 5.69 Å². The highest BCUT2D eigenvalue weighted by Gasteiger charge is 2.32. The minimum Gasteiger partial charge on any atom is -0.398 e. The number of para-hydroxylation sites is 1. The fourth-order valence-corrected chi connectivity index (χ4v) is 2.98. The summed E-state index contributed by atoms with van der Waals surface area (Å²) in [6, 6.07) is 15.7. The molecule has 0 aliphatic carbocycles. The van der Waals surface area contributed by atoms with Crippen molar-refractivity contribution in [2.24, 2.45) is 0 Å². The van der Waals surface area contributed by atoms with E-state index >= 15 is 0 Å². The van der Waals surface area contributed by atoms with Crippen molar-refractivity contribution in [2.45, 2.75) is 25.3 Å². The third-order valence-electron chi connectivity index (χ3n) is 4.00. The van der Waals surface area contributed by atoms with Crippen LogP contribution in [0.5, 0.6) is 0 Å². The number of hydrogen-bond donors (Lipinski definition) is 2. The molecule has 0 radical (unpaired) electrons. The second kappa shape index (κ2) is 5.00. The standard InChI is InChI=1S/C17H18N2O/c1-2-11-12-7-3-4-8-13(12)16(19-17(11)20)14-9-5-6-10-15(14)18/h3-11,16H,2,18H2,1H3,(H,19,20). The number of anilines is 1. The molecule has 1 amide bonds. The fraction of sp³-hybridized carbons (Fsp3) is 0.235. The van der Waals surface area contributed by atoms with Crippen LogP contribution in [0.1, 0.15) is 42.0 Å². The molecule has 2 unspecified atom stereocenters. The van der Waals surface area contributed by atoms with Gasteiger partial charge >= 0.3 is 0 Å². The lowest BCUT2D eigenvalue weighted by Gasteiger charge is -2.32. The lowest BCUT2D eigenvalue weighted by Crippen LogP contribution is -2.39. The van der Waals surface area contributed by atoms with Crippen LogP contribution in [0.4, 0.5) is 5.69 Å². The molecule has 2 aromatic rings. The molecule has 3 nitrogen and oxygen atoms in total. The molecule has 1 aliphatic rings. The first-order valence-electron chi connectivity index (χ1n) is 6.96. The zero-order valence-electron chi connectivity index (χ0n) is 11.5. The summed E-state index contributed by atoms with van der Waals surface area (Å²) in [7, 11) is 0. The lowest BCUT2D eigenvalue weighted by atomic mass is 9.82. The topological polar surface area (TPSA) is 55.1 Å². The summed E-state index contributed by atoms with van der Waals surface area (Å²) < 4.78 is 0. The number of nitrogens with one attached hydrogen (secondary N) is 1. The SMILES string of the molecule is CCC1C(=O)NC(c2ccccc2N)c2ccccc21. The highest BCUT2D eigenvalue weighted by atomic mass is 16.2. The van der Waals surface area contributed by atoms with E-state index in [-0.39, 0.29) is 17.9 Å². The molecule has 3 heteroatoms. The number of fused-ring (bicyclic) bond motifs is 1. The van der Waals surface area contributed by atoms with Crippen LogP contribution in [-0.4, -0.2) is 5.91 Å². The van der Waals surface area contributed by atoms with Gasteiger partial charge in [-0.1, -0.05) is 49.4 Å². The summed E-state index contributed by atoms with van der Waals surface area (Å²) in [4.78, 5) is 12.3. The third kappa shape index (κ3) is 1.95. The molecule has 20 heavy (non-hydrogen) atoms. The molecule has 3 N–H and O–H groups in total. The maximum atomic E-state index is 12.3. The van der Waals surface area contributed by atoms with E-state index in [1.165, 1.54) is 0 Å². The first kappa shape index (κ1) is 12.7. The number of nitrogen functional groups attached to an aromatic ring is 1. The normalized spacial score (nSPS) is 21.1. The average Bonchev–Trinajstić information content (AvgIpc) is 2.47. The van der Waals surface area contributed by atoms with Crippen LogP contribution in [0.3, 0.4) is 0 Å². The monoisotopic (exact) mass is 266 g/mol. The number of carbonyl (C=O) groups is 1. The Bertz CT molecular complexity index is 651. The molecule has 0 saturated heterocycles. The molecule has 102 valence electrons. The summed E-state index contributed by atoms with van der Waals surface area (Å²) >= 11 is 0. The smallest absolute Gasteiger partial charge is 0.228 e. The molecular formula is C17H18N2O. The highest BCUT2D eigenvalue weighted by molar-refractivity contribution is 5.87. The first-order valence-corrected chi connectivity index (χ1v) is 6.96. The molecule has 2 aromatic carbocycles. The van der Waals surface area contributed by atoms with Crippen molar-refractivity contribution in [1.29, 1.82) is 0 Å². The Morgan fingerprint density at radius 2 is 1.60 bits per heavy atom. The number of hydrogen-bond acceptors (Lipinski definition) is 2. The second-order valence-electron chi connectivity index (χ2n) is 5.16. The number of nitrogens with two attached hydrogens (primary N) is 1. The molecule has 0 spiro atoms. The molecule has 0 fully saturated rings. The highest BCUT2D eigenvalue weighted by Crippen LogP contribution is 2.37. The van der Waals surface area contributed by atoms with Gasteiger partial charge < -0.3 is 11.1 Å². The first-order chi connectivity index (χ1) is 9.72. The van der Waals surface area contributed by atoms with Crippen molar-refractivity contribution >= 4 is 11.6 Å². The maximum Gasteiger partial charge on any atom is 0.228 e. The average molecular weight is 266 g/mol. The van der Waals surface area contributed by atoms with Gasteiger partial charge in [-0.2, -0.15) is 0 Å². The van der Waals surface area contributed by atoms with Gasteiger partial charge in [0.15, 0.2) is 0 Å². The number of amides is 1. The molecule has 1 heterocycles. The quantitative estimate of drug-likeness (QED) is 0.821. The van der Waals surface area contributed by atoms with Crippen LogP contribution in [0.25, 0.3) is 0 Å². The second-order valence-corrected chi connectivity index (χ2v) is 5.16. The molecule has 0 bridgehead atoms. The lowest BCUT2D eigenvalue weighted by molar-refractivity contribution is -0.123. The van der Waals surface area contributed by atoms with E-state index in [0.717, 1.165) is 23.1 Å². The summed E-state index contributed by atoms with van der Waals surface area (Å²) in [5, 5.41) is 3.11. The van der Waals surface area contributed by atoms with Gasteiger partial charge in [0.05, 0.1) is 12.0 Å². The number of benzene rings is 2. The van der Waals surface area contributed by atoms with Gasteiger partial charge in [0.1, 0.15) is 0 Å². The van der Waals surface area contributed by atoms with Crippen molar-refractivity contribution in [2.75, 3.05) is 5.73 Å². The van der Waals surface area contributed by atoms with Crippen molar-refractivity contribution in [3.8, 4) is 0 Å². The Labute approximate surface area is 118 Å². The van der Waals surface area contributed by atoms with E-state index in [9.17, 15) is 4.79 Å². The van der Waals surface area contributed by atoms with E-state index in [1.54, 1.807) is 0 Å². The van der Waals surface area contributed by atoms with Gasteiger partial charge in [-0.05, 0) is 23.6 Å².